The molecule has 2 aromatic heterocycles. The molecule has 0 aliphatic rings. The van der Waals surface area contributed by atoms with Crippen LogP contribution < -0.4 is 5.32 Å². The highest BCUT2D eigenvalue weighted by Crippen LogP contribution is 2.13. The van der Waals surface area contributed by atoms with Gasteiger partial charge in [0.2, 0.25) is 0 Å². The van der Waals surface area contributed by atoms with Gasteiger partial charge >= 0.3 is 6.01 Å². The molecule has 17 heavy (non-hydrogen) atoms. The summed E-state index contributed by atoms with van der Waals surface area (Å²) in [5.41, 5.74) is 2.97. The zero-order chi connectivity index (χ0) is 12.3. The van der Waals surface area contributed by atoms with E-state index in [0.29, 0.717) is 6.01 Å². The van der Waals surface area contributed by atoms with Crippen molar-refractivity contribution in [2.45, 2.75) is 33.7 Å². The largest absolute Gasteiger partial charge is 0.431 e. The van der Waals surface area contributed by atoms with Gasteiger partial charge in [0, 0.05) is 12.2 Å². The third-order valence-corrected chi connectivity index (χ3v) is 2.73. The van der Waals surface area contributed by atoms with Crippen LogP contribution in [0.5, 0.6) is 0 Å². The topological polar surface area (TPSA) is 55.9 Å². The molecule has 2 rings (SSSR count). The normalized spacial score (nSPS) is 11.0. The third-order valence-electron chi connectivity index (χ3n) is 2.73. The van der Waals surface area contributed by atoms with Crippen LogP contribution in [0.25, 0.3) is 6.01 Å². The monoisotopic (exact) mass is 234 g/mol. The fourth-order valence-electron chi connectivity index (χ4n) is 1.57. The Labute approximate surface area is 101 Å². The molecule has 0 aromatic carbocycles. The van der Waals surface area contributed by atoms with Gasteiger partial charge in [0.15, 0.2) is 0 Å². The van der Waals surface area contributed by atoms with Gasteiger partial charge in [-0.15, -0.1) is 0 Å². The lowest BCUT2D eigenvalue weighted by Gasteiger charge is -1.98. The van der Waals surface area contributed by atoms with Gasteiger partial charge in [-0.2, -0.15) is 4.98 Å². The van der Waals surface area contributed by atoms with Crippen LogP contribution in [0.15, 0.2) is 17.0 Å². The molecule has 0 atom stereocenters. The van der Waals surface area contributed by atoms with Crippen LogP contribution in [-0.4, -0.2) is 21.1 Å². The van der Waals surface area contributed by atoms with Crippen LogP contribution >= 0.6 is 0 Å². The van der Waals surface area contributed by atoms with Gasteiger partial charge in [-0.05, 0) is 26.8 Å². The second kappa shape index (κ2) is 5.14. The van der Waals surface area contributed by atoms with Crippen molar-refractivity contribution in [3.63, 3.8) is 0 Å². The number of aryl methyl sites for hydroxylation is 1. The number of hydrogen-bond acceptors (Lipinski definition) is 4. The molecule has 0 amide bonds. The molecule has 0 aliphatic heterocycles. The molecule has 0 saturated carbocycles. The minimum Gasteiger partial charge on any atom is -0.431 e. The van der Waals surface area contributed by atoms with Crippen LogP contribution in [0.4, 0.5) is 0 Å². The number of oxazole rings is 1. The number of nitrogens with one attached hydrogen (secondary N) is 1. The van der Waals surface area contributed by atoms with Gasteiger partial charge in [-0.25, -0.2) is 4.98 Å². The Kier molecular flexibility index (Phi) is 3.58. The molecular weight excluding hydrogens is 216 g/mol. The average Bonchev–Trinajstić information content (AvgIpc) is 2.89. The lowest BCUT2D eigenvalue weighted by atomic mass is 10.4. The fraction of sp³-hybridized carbons (Fsp3) is 0.500. The molecule has 5 nitrogen and oxygen atoms in total. The van der Waals surface area contributed by atoms with E-state index >= 15 is 0 Å². The summed E-state index contributed by atoms with van der Waals surface area (Å²) in [5, 5.41) is 3.29. The first kappa shape index (κ1) is 11.9. The summed E-state index contributed by atoms with van der Waals surface area (Å²) in [7, 11) is 0. The van der Waals surface area contributed by atoms with E-state index in [4.69, 9.17) is 4.42 Å². The Morgan fingerprint density at radius 2 is 2.24 bits per heavy atom. The quantitative estimate of drug-likeness (QED) is 0.804. The predicted molar refractivity (Wildman–Crippen MR) is 65.1 cm³/mol. The van der Waals surface area contributed by atoms with Crippen molar-refractivity contribution in [2.75, 3.05) is 6.54 Å². The van der Waals surface area contributed by atoms with Crippen molar-refractivity contribution in [1.82, 2.24) is 19.9 Å². The zero-order valence-electron chi connectivity index (χ0n) is 10.5. The molecule has 0 bridgehead atoms. The molecule has 0 fully saturated rings. The van der Waals surface area contributed by atoms with Crippen molar-refractivity contribution >= 4 is 0 Å². The van der Waals surface area contributed by atoms with E-state index in [-0.39, 0.29) is 0 Å². The molecule has 0 unspecified atom stereocenters. The van der Waals surface area contributed by atoms with E-state index in [1.165, 1.54) is 0 Å². The van der Waals surface area contributed by atoms with Crippen LogP contribution in [0.3, 0.4) is 0 Å². The lowest BCUT2D eigenvalue weighted by molar-refractivity contribution is 0.522. The molecule has 0 radical (unpaired) electrons. The number of imidazole rings is 1. The van der Waals surface area contributed by atoms with Crippen molar-refractivity contribution in [2.24, 2.45) is 0 Å². The summed E-state index contributed by atoms with van der Waals surface area (Å²) in [5.74, 6) is 0. The van der Waals surface area contributed by atoms with E-state index in [1.807, 2.05) is 18.4 Å². The van der Waals surface area contributed by atoms with Crippen molar-refractivity contribution < 1.29 is 4.42 Å². The molecule has 1 N–H and O–H groups in total. The highest BCUT2D eigenvalue weighted by Gasteiger charge is 2.09. The molecule has 0 saturated heterocycles. The second-order valence-electron chi connectivity index (χ2n) is 4.08. The highest BCUT2D eigenvalue weighted by molar-refractivity contribution is 5.20. The molecular formula is C12H18N4O. The summed E-state index contributed by atoms with van der Waals surface area (Å²) in [4.78, 5) is 8.64. The van der Waals surface area contributed by atoms with Gasteiger partial charge in [-0.3, -0.25) is 4.57 Å². The molecule has 92 valence electrons. The maximum atomic E-state index is 5.45. The van der Waals surface area contributed by atoms with Crippen molar-refractivity contribution in [3.05, 3.63) is 29.7 Å². The Morgan fingerprint density at radius 1 is 1.41 bits per heavy atom. The number of aromatic nitrogens is 3. The predicted octanol–water partition coefficient (Wildman–Crippen LogP) is 1.98. The van der Waals surface area contributed by atoms with Crippen molar-refractivity contribution in [3.8, 4) is 6.01 Å². The summed E-state index contributed by atoms with van der Waals surface area (Å²) in [6.07, 6.45) is 4.54. The van der Waals surface area contributed by atoms with Gasteiger partial charge in [-0.1, -0.05) is 6.92 Å². The fourth-order valence-corrected chi connectivity index (χ4v) is 1.57. The Morgan fingerprint density at radius 3 is 2.88 bits per heavy atom. The van der Waals surface area contributed by atoms with E-state index in [0.717, 1.165) is 36.6 Å². The van der Waals surface area contributed by atoms with Crippen molar-refractivity contribution in [1.29, 1.82) is 0 Å². The number of rotatable bonds is 5. The summed E-state index contributed by atoms with van der Waals surface area (Å²) >= 11 is 0. The van der Waals surface area contributed by atoms with E-state index in [9.17, 15) is 0 Å². The molecule has 0 spiro atoms. The van der Waals surface area contributed by atoms with Gasteiger partial charge in [0.05, 0.1) is 11.4 Å². The second-order valence-corrected chi connectivity index (χ2v) is 4.08. The minimum absolute atomic E-state index is 0.580. The van der Waals surface area contributed by atoms with E-state index in [1.54, 1.807) is 12.6 Å². The van der Waals surface area contributed by atoms with Crippen LogP contribution in [-0.2, 0) is 6.54 Å². The maximum Gasteiger partial charge on any atom is 0.307 e. The zero-order valence-corrected chi connectivity index (χ0v) is 10.5. The maximum absolute atomic E-state index is 5.45. The molecule has 5 heteroatoms. The first-order valence-electron chi connectivity index (χ1n) is 5.88. The smallest absolute Gasteiger partial charge is 0.307 e. The summed E-state index contributed by atoms with van der Waals surface area (Å²) in [6, 6.07) is 0.580. The summed E-state index contributed by atoms with van der Waals surface area (Å²) < 4.78 is 7.31. The first-order chi connectivity index (χ1) is 8.22. The number of nitrogens with zero attached hydrogens (tertiary/aromatic N) is 3. The summed E-state index contributed by atoms with van der Waals surface area (Å²) in [6.45, 7) is 7.84. The Bertz CT molecular complexity index is 486. The standard InChI is InChI=1S/C12H18N4O/c1-4-5-13-6-11-7-17-12(15-11)16-8-14-9(2)10(16)3/h7-8,13H,4-6H2,1-3H3. The van der Waals surface area contributed by atoms with E-state index in [2.05, 4.69) is 22.2 Å². The highest BCUT2D eigenvalue weighted by atomic mass is 16.4. The van der Waals surface area contributed by atoms with Gasteiger partial charge in [0.25, 0.3) is 0 Å². The molecule has 2 aromatic rings. The van der Waals surface area contributed by atoms with Crippen LogP contribution in [0, 0.1) is 13.8 Å². The van der Waals surface area contributed by atoms with Crippen LogP contribution in [0.1, 0.15) is 30.4 Å². The minimum atomic E-state index is 0.580. The average molecular weight is 234 g/mol. The lowest BCUT2D eigenvalue weighted by Crippen LogP contribution is -2.14. The molecule has 0 aliphatic carbocycles. The SMILES string of the molecule is CCCNCc1coc(-n2cnc(C)c2C)n1. The Balaban J connectivity index is 2.10. The third kappa shape index (κ3) is 2.55. The van der Waals surface area contributed by atoms with Gasteiger partial charge < -0.3 is 9.73 Å². The number of hydrogen-bond donors (Lipinski definition) is 1. The Hall–Kier alpha value is -1.62. The van der Waals surface area contributed by atoms with Gasteiger partial charge in [0.1, 0.15) is 12.6 Å². The van der Waals surface area contributed by atoms with Crippen LogP contribution in [0.2, 0.25) is 0 Å². The van der Waals surface area contributed by atoms with E-state index < -0.39 is 0 Å². The first-order valence-corrected chi connectivity index (χ1v) is 5.88. The molecule has 2 heterocycles.